The Hall–Kier alpha value is -3.28. The van der Waals surface area contributed by atoms with E-state index in [2.05, 4.69) is 5.32 Å². The monoisotopic (exact) mass is 381 g/mol. The average molecular weight is 381 g/mol. The zero-order valence-corrected chi connectivity index (χ0v) is 16.2. The van der Waals surface area contributed by atoms with Gasteiger partial charge in [-0.1, -0.05) is 24.3 Å². The van der Waals surface area contributed by atoms with E-state index in [1.165, 1.54) is 0 Å². The molecule has 28 heavy (non-hydrogen) atoms. The summed E-state index contributed by atoms with van der Waals surface area (Å²) in [5, 5.41) is 3.72. The third-order valence-electron chi connectivity index (χ3n) is 4.45. The molecule has 2 aromatic carbocycles. The zero-order chi connectivity index (χ0) is 20.1. The summed E-state index contributed by atoms with van der Waals surface area (Å²) < 4.78 is 16.1. The van der Waals surface area contributed by atoms with Gasteiger partial charge in [0.2, 0.25) is 0 Å². The number of amides is 1. The Morgan fingerprint density at radius 2 is 1.82 bits per heavy atom. The first-order chi connectivity index (χ1) is 13.4. The number of fused-ring (bicyclic) bond motifs is 1. The first-order valence-corrected chi connectivity index (χ1v) is 9.06. The highest BCUT2D eigenvalue weighted by molar-refractivity contribution is 5.82. The zero-order valence-electron chi connectivity index (χ0n) is 16.2. The van der Waals surface area contributed by atoms with Crippen LogP contribution in [0.4, 0.5) is 0 Å². The Balaban J connectivity index is 1.44. The van der Waals surface area contributed by atoms with Gasteiger partial charge in [-0.05, 0) is 56.2 Å². The molecule has 146 valence electrons. The van der Waals surface area contributed by atoms with Crippen LogP contribution in [0.5, 0.6) is 5.75 Å². The standard InChI is InChI=1S/C22H23NO5/c1-14-8-9-18(10-15(14)2)26-13-22(25)27-12-21(24)23-16(3)20-11-17-6-4-5-7-19(17)28-20/h4-11,16H,12-13H2,1-3H3,(H,23,24)/t16-/m0/s1. The Kier molecular flexibility index (Phi) is 5.99. The van der Waals surface area contributed by atoms with Gasteiger partial charge in [0.25, 0.3) is 5.91 Å². The van der Waals surface area contributed by atoms with Crippen LogP contribution in [0.1, 0.15) is 29.9 Å². The van der Waals surface area contributed by atoms with E-state index in [0.717, 1.165) is 22.1 Å². The second-order valence-electron chi connectivity index (χ2n) is 6.67. The van der Waals surface area contributed by atoms with Crippen molar-refractivity contribution in [1.82, 2.24) is 5.32 Å². The second-order valence-corrected chi connectivity index (χ2v) is 6.67. The van der Waals surface area contributed by atoms with Gasteiger partial charge < -0.3 is 19.2 Å². The summed E-state index contributed by atoms with van der Waals surface area (Å²) in [7, 11) is 0. The third-order valence-corrected chi connectivity index (χ3v) is 4.45. The van der Waals surface area contributed by atoms with Crippen LogP contribution in [-0.4, -0.2) is 25.1 Å². The molecule has 0 unspecified atom stereocenters. The number of rotatable bonds is 7. The molecule has 1 heterocycles. The number of esters is 1. The number of carbonyl (C=O) groups excluding carboxylic acids is 2. The Labute approximate surface area is 163 Å². The van der Waals surface area contributed by atoms with Gasteiger partial charge in [0.05, 0.1) is 6.04 Å². The van der Waals surface area contributed by atoms with Gasteiger partial charge in [0, 0.05) is 5.39 Å². The van der Waals surface area contributed by atoms with E-state index in [9.17, 15) is 9.59 Å². The summed E-state index contributed by atoms with van der Waals surface area (Å²) in [6, 6.07) is 14.7. The number of furan rings is 1. The molecule has 6 nitrogen and oxygen atoms in total. The summed E-state index contributed by atoms with van der Waals surface area (Å²) in [5.41, 5.74) is 2.98. The number of ether oxygens (including phenoxy) is 2. The fourth-order valence-electron chi connectivity index (χ4n) is 2.70. The molecule has 1 N–H and O–H groups in total. The van der Waals surface area contributed by atoms with Crippen LogP contribution >= 0.6 is 0 Å². The molecule has 6 heteroatoms. The van der Waals surface area contributed by atoms with Crippen molar-refractivity contribution in [2.24, 2.45) is 0 Å². The van der Waals surface area contributed by atoms with E-state index in [1.807, 2.05) is 56.3 Å². The Morgan fingerprint density at radius 1 is 1.04 bits per heavy atom. The van der Waals surface area contributed by atoms with Crippen LogP contribution in [-0.2, 0) is 14.3 Å². The first kappa shape index (κ1) is 19.5. The smallest absolute Gasteiger partial charge is 0.344 e. The van der Waals surface area contributed by atoms with Gasteiger partial charge in [-0.2, -0.15) is 0 Å². The van der Waals surface area contributed by atoms with Crippen LogP contribution in [0.3, 0.4) is 0 Å². The van der Waals surface area contributed by atoms with Crippen molar-refractivity contribution in [3.63, 3.8) is 0 Å². The highest BCUT2D eigenvalue weighted by Gasteiger charge is 2.15. The molecule has 3 aromatic rings. The number of para-hydroxylation sites is 1. The maximum absolute atomic E-state index is 12.0. The van der Waals surface area contributed by atoms with Gasteiger partial charge in [-0.15, -0.1) is 0 Å². The van der Waals surface area contributed by atoms with E-state index in [4.69, 9.17) is 13.9 Å². The summed E-state index contributed by atoms with van der Waals surface area (Å²) >= 11 is 0. The SMILES string of the molecule is Cc1ccc(OCC(=O)OCC(=O)N[C@@H](C)c2cc3ccccc3o2)cc1C. The normalized spacial score (nSPS) is 11.8. The van der Waals surface area contributed by atoms with Crippen molar-refractivity contribution < 1.29 is 23.5 Å². The minimum atomic E-state index is -0.607. The molecule has 3 rings (SSSR count). The summed E-state index contributed by atoms with van der Waals surface area (Å²) in [4.78, 5) is 23.8. The lowest BCUT2D eigenvalue weighted by Crippen LogP contribution is -2.31. The molecule has 1 amide bonds. The fraction of sp³-hybridized carbons (Fsp3) is 0.273. The van der Waals surface area contributed by atoms with Crippen molar-refractivity contribution in [2.75, 3.05) is 13.2 Å². The average Bonchev–Trinajstić information content (AvgIpc) is 3.12. The van der Waals surface area contributed by atoms with Gasteiger partial charge in [0.15, 0.2) is 13.2 Å². The molecular weight excluding hydrogens is 358 g/mol. The van der Waals surface area contributed by atoms with E-state index in [0.29, 0.717) is 11.5 Å². The minimum Gasteiger partial charge on any atom is -0.482 e. The fourth-order valence-corrected chi connectivity index (χ4v) is 2.70. The van der Waals surface area contributed by atoms with Crippen LogP contribution < -0.4 is 10.1 Å². The summed E-state index contributed by atoms with van der Waals surface area (Å²) in [6.45, 7) is 5.14. The Morgan fingerprint density at radius 3 is 2.57 bits per heavy atom. The van der Waals surface area contributed by atoms with Gasteiger partial charge in [-0.25, -0.2) is 4.79 Å². The molecule has 0 saturated carbocycles. The van der Waals surface area contributed by atoms with Crippen molar-refractivity contribution in [3.05, 3.63) is 65.4 Å². The largest absolute Gasteiger partial charge is 0.482 e. The van der Waals surface area contributed by atoms with Crippen LogP contribution in [0.25, 0.3) is 11.0 Å². The molecule has 0 spiro atoms. The van der Waals surface area contributed by atoms with Crippen molar-refractivity contribution in [2.45, 2.75) is 26.8 Å². The molecule has 0 saturated heterocycles. The predicted octanol–water partition coefficient (Wildman–Crippen LogP) is 3.85. The molecule has 0 aliphatic heterocycles. The Bertz CT molecular complexity index is 959. The maximum atomic E-state index is 12.0. The van der Waals surface area contributed by atoms with Gasteiger partial charge >= 0.3 is 5.97 Å². The number of hydrogen-bond donors (Lipinski definition) is 1. The van der Waals surface area contributed by atoms with E-state index in [1.54, 1.807) is 13.0 Å². The molecule has 1 atom stereocenters. The molecule has 1 aromatic heterocycles. The molecule has 0 bridgehead atoms. The summed E-state index contributed by atoms with van der Waals surface area (Å²) in [5.74, 6) is 0.208. The van der Waals surface area contributed by atoms with Gasteiger partial charge in [0.1, 0.15) is 17.1 Å². The second kappa shape index (κ2) is 8.61. The highest BCUT2D eigenvalue weighted by atomic mass is 16.6. The van der Waals surface area contributed by atoms with E-state index in [-0.39, 0.29) is 19.3 Å². The molecular formula is C22H23NO5. The lowest BCUT2D eigenvalue weighted by atomic mass is 10.1. The number of aryl methyl sites for hydroxylation is 2. The van der Waals surface area contributed by atoms with Crippen molar-refractivity contribution in [3.8, 4) is 5.75 Å². The highest BCUT2D eigenvalue weighted by Crippen LogP contribution is 2.23. The predicted molar refractivity (Wildman–Crippen MR) is 105 cm³/mol. The van der Waals surface area contributed by atoms with Crippen molar-refractivity contribution >= 4 is 22.8 Å². The minimum absolute atomic E-state index is 0.255. The summed E-state index contributed by atoms with van der Waals surface area (Å²) in [6.07, 6.45) is 0. The van der Waals surface area contributed by atoms with E-state index >= 15 is 0 Å². The van der Waals surface area contributed by atoms with Crippen LogP contribution in [0.15, 0.2) is 52.9 Å². The topological polar surface area (TPSA) is 77.8 Å². The lowest BCUT2D eigenvalue weighted by molar-refractivity contribution is -0.150. The lowest BCUT2D eigenvalue weighted by Gasteiger charge is -2.12. The number of carbonyl (C=O) groups is 2. The molecule has 0 aliphatic carbocycles. The quantitative estimate of drug-likeness (QED) is 0.629. The van der Waals surface area contributed by atoms with E-state index < -0.39 is 11.9 Å². The number of nitrogens with one attached hydrogen (secondary N) is 1. The number of benzene rings is 2. The molecule has 0 radical (unpaired) electrons. The maximum Gasteiger partial charge on any atom is 0.344 e. The molecule has 0 aliphatic rings. The molecule has 0 fully saturated rings. The van der Waals surface area contributed by atoms with Crippen LogP contribution in [0, 0.1) is 13.8 Å². The number of hydrogen-bond acceptors (Lipinski definition) is 5. The van der Waals surface area contributed by atoms with Crippen LogP contribution in [0.2, 0.25) is 0 Å². The van der Waals surface area contributed by atoms with Gasteiger partial charge in [-0.3, -0.25) is 4.79 Å². The third kappa shape index (κ3) is 4.91. The van der Waals surface area contributed by atoms with Crippen molar-refractivity contribution in [1.29, 1.82) is 0 Å². The first-order valence-electron chi connectivity index (χ1n) is 9.06.